The zero-order valence-electron chi connectivity index (χ0n) is 11.9. The highest BCUT2D eigenvalue weighted by molar-refractivity contribution is 5.51. The highest BCUT2D eigenvalue weighted by atomic mass is 16.6. The standard InChI is InChI=1S/C13H19N5O2/c1-9(2)6-13(3,8-15)17-12-5-4-11(18(19)20)10(7-14)16-12/h4-5,9H,6,8,15H2,1-3H3,(H,16,17). The topological polar surface area (TPSA) is 118 Å². The molecule has 7 heteroatoms. The number of nitrogens with zero attached hydrogens (tertiary/aromatic N) is 3. The molecule has 0 aliphatic rings. The van der Waals surface area contributed by atoms with Gasteiger partial charge >= 0.3 is 5.69 Å². The van der Waals surface area contributed by atoms with Gasteiger partial charge in [-0.25, -0.2) is 4.98 Å². The van der Waals surface area contributed by atoms with Gasteiger partial charge in [0.25, 0.3) is 0 Å². The second kappa shape index (κ2) is 6.30. The Balaban J connectivity index is 3.04. The summed E-state index contributed by atoms with van der Waals surface area (Å²) in [6.45, 7) is 6.52. The van der Waals surface area contributed by atoms with Crippen LogP contribution < -0.4 is 11.1 Å². The first-order valence-electron chi connectivity index (χ1n) is 6.35. The number of nitrogens with one attached hydrogen (secondary N) is 1. The summed E-state index contributed by atoms with van der Waals surface area (Å²) in [6.07, 6.45) is 0.823. The van der Waals surface area contributed by atoms with Gasteiger partial charge in [0.2, 0.25) is 5.69 Å². The van der Waals surface area contributed by atoms with E-state index in [1.54, 1.807) is 6.07 Å². The average molecular weight is 277 g/mol. The molecule has 0 aromatic carbocycles. The van der Waals surface area contributed by atoms with Gasteiger partial charge in [0.15, 0.2) is 0 Å². The van der Waals surface area contributed by atoms with Crippen molar-refractivity contribution in [3.05, 3.63) is 27.9 Å². The molecule has 20 heavy (non-hydrogen) atoms. The van der Waals surface area contributed by atoms with Gasteiger partial charge in [-0.2, -0.15) is 5.26 Å². The molecule has 1 aromatic heterocycles. The van der Waals surface area contributed by atoms with Gasteiger partial charge in [-0.3, -0.25) is 10.1 Å². The van der Waals surface area contributed by atoms with Crippen molar-refractivity contribution in [2.24, 2.45) is 11.7 Å². The zero-order valence-corrected chi connectivity index (χ0v) is 11.9. The Morgan fingerprint density at radius 2 is 2.25 bits per heavy atom. The molecule has 0 spiro atoms. The molecule has 108 valence electrons. The Morgan fingerprint density at radius 1 is 1.60 bits per heavy atom. The highest BCUT2D eigenvalue weighted by Gasteiger charge is 2.25. The third-order valence-electron chi connectivity index (χ3n) is 2.92. The first kappa shape index (κ1) is 15.9. The van der Waals surface area contributed by atoms with E-state index in [0.29, 0.717) is 18.3 Å². The van der Waals surface area contributed by atoms with Crippen molar-refractivity contribution in [1.82, 2.24) is 4.98 Å². The zero-order chi connectivity index (χ0) is 15.3. The van der Waals surface area contributed by atoms with E-state index < -0.39 is 4.92 Å². The maximum absolute atomic E-state index is 10.8. The maximum Gasteiger partial charge on any atom is 0.305 e. The van der Waals surface area contributed by atoms with Crippen LogP contribution in [-0.4, -0.2) is 22.0 Å². The van der Waals surface area contributed by atoms with Gasteiger partial charge in [0.05, 0.1) is 4.92 Å². The number of nitrogens with two attached hydrogens (primary N) is 1. The summed E-state index contributed by atoms with van der Waals surface area (Å²) in [5.41, 5.74) is 4.92. The quantitative estimate of drug-likeness (QED) is 0.606. The van der Waals surface area contributed by atoms with E-state index in [0.717, 1.165) is 6.42 Å². The van der Waals surface area contributed by atoms with Gasteiger partial charge in [-0.1, -0.05) is 13.8 Å². The summed E-state index contributed by atoms with van der Waals surface area (Å²) in [7, 11) is 0. The summed E-state index contributed by atoms with van der Waals surface area (Å²) < 4.78 is 0. The predicted octanol–water partition coefficient (Wildman–Crippen LogP) is 2.04. The lowest BCUT2D eigenvalue weighted by Crippen LogP contribution is -2.43. The molecule has 1 unspecified atom stereocenters. The fraction of sp³-hybridized carbons (Fsp3) is 0.538. The number of hydrogen-bond donors (Lipinski definition) is 2. The molecule has 0 bridgehead atoms. The Morgan fingerprint density at radius 3 is 2.70 bits per heavy atom. The first-order chi connectivity index (χ1) is 9.31. The van der Waals surface area contributed by atoms with E-state index in [9.17, 15) is 10.1 Å². The summed E-state index contributed by atoms with van der Waals surface area (Å²) >= 11 is 0. The van der Waals surface area contributed by atoms with Gasteiger partial charge in [-0.05, 0) is 25.3 Å². The lowest BCUT2D eigenvalue weighted by molar-refractivity contribution is -0.385. The summed E-state index contributed by atoms with van der Waals surface area (Å²) in [6, 6.07) is 4.51. The number of nitriles is 1. The molecule has 1 aromatic rings. The third-order valence-corrected chi connectivity index (χ3v) is 2.92. The Bertz CT molecular complexity index is 538. The summed E-state index contributed by atoms with van der Waals surface area (Å²) in [5, 5.41) is 22.8. The predicted molar refractivity (Wildman–Crippen MR) is 76.1 cm³/mol. The molecule has 0 radical (unpaired) electrons. The molecule has 0 aliphatic carbocycles. The van der Waals surface area contributed by atoms with E-state index in [4.69, 9.17) is 11.0 Å². The molecular formula is C13H19N5O2. The van der Waals surface area contributed by atoms with Crippen molar-refractivity contribution >= 4 is 11.5 Å². The lowest BCUT2D eigenvalue weighted by Gasteiger charge is -2.31. The first-order valence-corrected chi connectivity index (χ1v) is 6.35. The third kappa shape index (κ3) is 3.90. The largest absolute Gasteiger partial charge is 0.364 e. The molecule has 1 rings (SSSR count). The number of hydrogen-bond acceptors (Lipinski definition) is 6. The van der Waals surface area contributed by atoms with E-state index >= 15 is 0 Å². The van der Waals surface area contributed by atoms with E-state index in [1.807, 2.05) is 6.92 Å². The molecule has 3 N–H and O–H groups in total. The Hall–Kier alpha value is -2.20. The number of rotatable bonds is 6. The van der Waals surface area contributed by atoms with E-state index in [2.05, 4.69) is 24.1 Å². The maximum atomic E-state index is 10.8. The number of aromatic nitrogens is 1. The molecule has 0 saturated heterocycles. The minimum Gasteiger partial charge on any atom is -0.364 e. The second-order valence-corrected chi connectivity index (χ2v) is 5.42. The molecule has 0 fully saturated rings. The Kier molecular flexibility index (Phi) is 5.00. The molecule has 0 aliphatic heterocycles. The van der Waals surface area contributed by atoms with Crippen LogP contribution in [0, 0.1) is 27.4 Å². The van der Waals surface area contributed by atoms with Crippen molar-refractivity contribution in [3.8, 4) is 6.07 Å². The minimum atomic E-state index is -0.619. The molecule has 0 saturated carbocycles. The van der Waals surface area contributed by atoms with Crippen LogP contribution in [0.1, 0.15) is 32.9 Å². The average Bonchev–Trinajstić information content (AvgIpc) is 2.37. The van der Waals surface area contributed by atoms with Crippen molar-refractivity contribution in [2.75, 3.05) is 11.9 Å². The summed E-state index contributed by atoms with van der Waals surface area (Å²) in [4.78, 5) is 14.1. The van der Waals surface area contributed by atoms with Gasteiger partial charge < -0.3 is 11.1 Å². The normalized spacial score (nSPS) is 13.6. The van der Waals surface area contributed by atoms with Crippen molar-refractivity contribution < 1.29 is 4.92 Å². The van der Waals surface area contributed by atoms with Crippen LogP contribution in [-0.2, 0) is 0 Å². The van der Waals surface area contributed by atoms with E-state index in [-0.39, 0.29) is 16.9 Å². The number of nitro groups is 1. The van der Waals surface area contributed by atoms with Gasteiger partial charge in [0, 0.05) is 18.2 Å². The van der Waals surface area contributed by atoms with Crippen LogP contribution in [0.5, 0.6) is 0 Å². The van der Waals surface area contributed by atoms with Crippen LogP contribution in [0.25, 0.3) is 0 Å². The summed E-state index contributed by atoms with van der Waals surface area (Å²) in [5.74, 6) is 0.852. The smallest absolute Gasteiger partial charge is 0.305 e. The molecular weight excluding hydrogens is 258 g/mol. The molecule has 1 heterocycles. The highest BCUT2D eigenvalue weighted by Crippen LogP contribution is 2.23. The Labute approximate surface area is 118 Å². The van der Waals surface area contributed by atoms with Crippen LogP contribution in [0.4, 0.5) is 11.5 Å². The van der Waals surface area contributed by atoms with Crippen LogP contribution in [0.15, 0.2) is 12.1 Å². The minimum absolute atomic E-state index is 0.205. The SMILES string of the molecule is CC(C)CC(C)(CN)Nc1ccc([N+](=O)[O-])c(C#N)n1. The lowest BCUT2D eigenvalue weighted by atomic mass is 9.91. The van der Waals surface area contributed by atoms with E-state index in [1.165, 1.54) is 12.1 Å². The van der Waals surface area contributed by atoms with Crippen LogP contribution in [0.3, 0.4) is 0 Å². The van der Waals surface area contributed by atoms with Crippen molar-refractivity contribution in [2.45, 2.75) is 32.7 Å². The molecule has 0 amide bonds. The van der Waals surface area contributed by atoms with Crippen molar-refractivity contribution in [3.63, 3.8) is 0 Å². The van der Waals surface area contributed by atoms with Gasteiger partial charge in [-0.15, -0.1) is 0 Å². The fourth-order valence-corrected chi connectivity index (χ4v) is 2.15. The monoisotopic (exact) mass is 277 g/mol. The van der Waals surface area contributed by atoms with Crippen LogP contribution in [0.2, 0.25) is 0 Å². The van der Waals surface area contributed by atoms with Crippen LogP contribution >= 0.6 is 0 Å². The number of anilines is 1. The van der Waals surface area contributed by atoms with Gasteiger partial charge in [0.1, 0.15) is 11.9 Å². The fourth-order valence-electron chi connectivity index (χ4n) is 2.15. The van der Waals surface area contributed by atoms with Crippen molar-refractivity contribution in [1.29, 1.82) is 5.26 Å². The second-order valence-electron chi connectivity index (χ2n) is 5.42. The number of pyridine rings is 1. The molecule has 1 atom stereocenters. The molecule has 7 nitrogen and oxygen atoms in total.